The Bertz CT molecular complexity index is 1400. The monoisotopic (exact) mass is 595 g/mol. The van der Waals surface area contributed by atoms with Crippen molar-refractivity contribution in [2.45, 2.75) is 57.1 Å². The maximum absolute atomic E-state index is 14.0. The van der Waals surface area contributed by atoms with Crippen LogP contribution in [0.4, 0.5) is 0 Å². The summed E-state index contributed by atoms with van der Waals surface area (Å²) < 4.78 is 44.0. The number of carbonyl (C=O) groups excluding carboxylic acids is 1. The number of rotatable bonds is 11. The molecule has 40 heavy (non-hydrogen) atoms. The predicted molar refractivity (Wildman–Crippen MR) is 143 cm³/mol. The fraction of sp³-hybridized carbons (Fsp3) is 0.520. The molecule has 1 saturated carbocycles. The average Bonchev–Trinajstić information content (AvgIpc) is 3.47. The first kappa shape index (κ1) is 28.7. The van der Waals surface area contributed by atoms with Crippen LogP contribution in [0, 0.1) is 5.92 Å². The SMILES string of the molecule is CCOc1ncnc2c1ncn2C1OC(COP(=O)(NC2(C(=O)OC)CCC2)Oc2ccc(Cl)cc2)[C@@H](O)[C@@H]1C. The molecule has 2 aliphatic rings. The van der Waals surface area contributed by atoms with Gasteiger partial charge in [-0.1, -0.05) is 18.5 Å². The molecule has 2 fully saturated rings. The Morgan fingerprint density at radius 2 is 2.02 bits per heavy atom. The standard InChI is InChI=1S/C25H31ClN5O8P/c1-4-36-22-19-21(27-13-28-22)31(14-29-19)23-15(2)20(32)18(38-23)12-37-40(34,39-17-8-6-16(26)7-9-17)30-25(10-5-11-25)24(33)35-3/h6-9,13-15,18,20,23,32H,4-5,10-12H2,1-3H3,(H,30,34)/t15-,18?,20-,23?,40?/m0/s1. The van der Waals surface area contributed by atoms with E-state index in [0.29, 0.717) is 41.5 Å². The van der Waals surface area contributed by atoms with Crippen LogP contribution in [0.2, 0.25) is 5.02 Å². The van der Waals surface area contributed by atoms with Gasteiger partial charge >= 0.3 is 13.7 Å². The molecular formula is C25H31ClN5O8P. The second-order valence-corrected chi connectivity index (χ2v) is 11.8. The van der Waals surface area contributed by atoms with E-state index in [0.717, 1.165) is 6.42 Å². The van der Waals surface area contributed by atoms with E-state index < -0.39 is 43.6 Å². The van der Waals surface area contributed by atoms with Gasteiger partial charge < -0.3 is 23.8 Å². The van der Waals surface area contributed by atoms with Gasteiger partial charge in [-0.3, -0.25) is 13.9 Å². The highest BCUT2D eigenvalue weighted by atomic mass is 35.5. The van der Waals surface area contributed by atoms with Crippen LogP contribution >= 0.6 is 19.3 Å². The number of benzene rings is 1. The van der Waals surface area contributed by atoms with E-state index >= 15 is 0 Å². The largest absolute Gasteiger partial charge is 0.476 e. The van der Waals surface area contributed by atoms with Gasteiger partial charge in [-0.15, -0.1) is 0 Å². The molecule has 0 radical (unpaired) electrons. The topological polar surface area (TPSA) is 156 Å². The molecule has 3 unspecified atom stereocenters. The second-order valence-electron chi connectivity index (χ2n) is 9.73. The highest BCUT2D eigenvalue weighted by molar-refractivity contribution is 7.52. The Hall–Kier alpha value is -2.80. The number of carbonyl (C=O) groups is 1. The van der Waals surface area contributed by atoms with Crippen molar-refractivity contribution in [3.8, 4) is 11.6 Å². The third-order valence-electron chi connectivity index (χ3n) is 7.15. The third kappa shape index (κ3) is 5.54. The number of ether oxygens (including phenoxy) is 3. The summed E-state index contributed by atoms with van der Waals surface area (Å²) in [7, 11) is -2.92. The van der Waals surface area contributed by atoms with Crippen molar-refractivity contribution in [1.82, 2.24) is 24.6 Å². The van der Waals surface area contributed by atoms with E-state index in [2.05, 4.69) is 20.0 Å². The number of esters is 1. The zero-order valence-electron chi connectivity index (χ0n) is 22.2. The maximum atomic E-state index is 14.0. The summed E-state index contributed by atoms with van der Waals surface area (Å²) in [6, 6.07) is 6.22. The number of halogens is 1. The van der Waals surface area contributed by atoms with E-state index in [1.807, 2.05) is 13.8 Å². The van der Waals surface area contributed by atoms with E-state index in [-0.39, 0.29) is 12.4 Å². The van der Waals surface area contributed by atoms with E-state index in [1.165, 1.54) is 25.6 Å². The van der Waals surface area contributed by atoms with Gasteiger partial charge in [-0.05, 0) is 50.5 Å². The smallest absolute Gasteiger partial charge is 0.459 e. The molecule has 15 heteroatoms. The zero-order valence-corrected chi connectivity index (χ0v) is 23.9. The fourth-order valence-electron chi connectivity index (χ4n) is 4.84. The van der Waals surface area contributed by atoms with Crippen molar-refractivity contribution in [2.75, 3.05) is 20.3 Å². The van der Waals surface area contributed by atoms with E-state index in [4.69, 9.17) is 34.9 Å². The van der Waals surface area contributed by atoms with E-state index in [9.17, 15) is 14.5 Å². The Labute approximate surface area is 235 Å². The first-order valence-corrected chi connectivity index (χ1v) is 14.8. The number of hydrogen-bond donors (Lipinski definition) is 2. The minimum Gasteiger partial charge on any atom is -0.476 e. The minimum atomic E-state index is -4.18. The van der Waals surface area contributed by atoms with Crippen LogP contribution in [0.25, 0.3) is 11.2 Å². The van der Waals surface area contributed by atoms with Gasteiger partial charge in [0.2, 0.25) is 5.88 Å². The van der Waals surface area contributed by atoms with Gasteiger partial charge in [-0.2, -0.15) is 10.1 Å². The van der Waals surface area contributed by atoms with Crippen molar-refractivity contribution in [3.63, 3.8) is 0 Å². The molecule has 0 spiro atoms. The third-order valence-corrected chi connectivity index (χ3v) is 9.04. The van der Waals surface area contributed by atoms with Crippen LogP contribution in [-0.2, 0) is 23.4 Å². The molecule has 1 saturated heterocycles. The molecule has 3 heterocycles. The summed E-state index contributed by atoms with van der Waals surface area (Å²) in [6.07, 6.45) is 1.93. The van der Waals surface area contributed by atoms with Gasteiger partial charge in [0.1, 0.15) is 29.9 Å². The van der Waals surface area contributed by atoms with Crippen molar-refractivity contribution in [3.05, 3.63) is 41.9 Å². The molecule has 0 amide bonds. The number of aliphatic hydroxyl groups excluding tert-OH is 1. The lowest BCUT2D eigenvalue weighted by molar-refractivity contribution is -0.151. The molecule has 5 atom stereocenters. The van der Waals surface area contributed by atoms with Crippen LogP contribution in [0.3, 0.4) is 0 Å². The first-order valence-electron chi connectivity index (χ1n) is 12.9. The van der Waals surface area contributed by atoms with Gasteiger partial charge in [0, 0.05) is 10.9 Å². The quantitative estimate of drug-likeness (QED) is 0.245. The summed E-state index contributed by atoms with van der Waals surface area (Å²) in [6.45, 7) is 3.77. The highest BCUT2D eigenvalue weighted by Gasteiger charge is 2.52. The molecule has 3 aromatic rings. The fourth-order valence-corrected chi connectivity index (χ4v) is 6.71. The number of aromatic nitrogens is 4. The molecule has 0 bridgehead atoms. The van der Waals surface area contributed by atoms with Crippen molar-refractivity contribution in [1.29, 1.82) is 0 Å². The molecule has 216 valence electrons. The Morgan fingerprint density at radius 3 is 2.67 bits per heavy atom. The van der Waals surface area contributed by atoms with Crippen LogP contribution in [0.5, 0.6) is 11.6 Å². The number of hydrogen-bond acceptors (Lipinski definition) is 11. The molecule has 1 aliphatic heterocycles. The van der Waals surface area contributed by atoms with Gasteiger partial charge in [-0.25, -0.2) is 14.5 Å². The van der Waals surface area contributed by atoms with Crippen LogP contribution in [0.15, 0.2) is 36.9 Å². The molecular weight excluding hydrogens is 565 g/mol. The predicted octanol–water partition coefficient (Wildman–Crippen LogP) is 3.66. The van der Waals surface area contributed by atoms with Crippen molar-refractivity contribution < 1.29 is 37.7 Å². The van der Waals surface area contributed by atoms with Crippen molar-refractivity contribution >= 4 is 36.5 Å². The van der Waals surface area contributed by atoms with Crippen LogP contribution in [-0.4, -0.2) is 68.7 Å². The number of fused-ring (bicyclic) bond motifs is 1. The zero-order chi connectivity index (χ0) is 28.5. The average molecular weight is 596 g/mol. The van der Waals surface area contributed by atoms with Crippen LogP contribution < -0.4 is 14.3 Å². The summed E-state index contributed by atoms with van der Waals surface area (Å²) >= 11 is 5.98. The highest BCUT2D eigenvalue weighted by Crippen LogP contribution is 2.51. The number of nitrogens with one attached hydrogen (secondary N) is 1. The lowest BCUT2D eigenvalue weighted by Crippen LogP contribution is -2.56. The van der Waals surface area contributed by atoms with Crippen LogP contribution in [0.1, 0.15) is 39.3 Å². The Morgan fingerprint density at radius 1 is 1.27 bits per heavy atom. The molecule has 2 N–H and O–H groups in total. The lowest BCUT2D eigenvalue weighted by atomic mass is 9.78. The molecule has 1 aromatic carbocycles. The second kappa shape index (κ2) is 11.6. The number of imidazole rings is 1. The molecule has 2 aromatic heterocycles. The summed E-state index contributed by atoms with van der Waals surface area (Å²) in [4.78, 5) is 25.4. The maximum Gasteiger partial charge on any atom is 0.459 e. The summed E-state index contributed by atoms with van der Waals surface area (Å²) in [5.41, 5.74) is -0.268. The molecule has 13 nitrogen and oxygen atoms in total. The van der Waals surface area contributed by atoms with E-state index in [1.54, 1.807) is 23.0 Å². The number of nitrogens with zero attached hydrogens (tertiary/aromatic N) is 4. The molecule has 1 aliphatic carbocycles. The van der Waals surface area contributed by atoms with Crippen molar-refractivity contribution in [2.24, 2.45) is 5.92 Å². The number of methoxy groups -OCH3 is 1. The van der Waals surface area contributed by atoms with Gasteiger partial charge in [0.05, 0.1) is 32.8 Å². The van der Waals surface area contributed by atoms with Gasteiger partial charge in [0.15, 0.2) is 11.2 Å². The summed E-state index contributed by atoms with van der Waals surface area (Å²) in [5, 5.41) is 14.3. The Kier molecular flexibility index (Phi) is 8.32. The van der Waals surface area contributed by atoms with Gasteiger partial charge in [0.25, 0.3) is 0 Å². The first-order chi connectivity index (χ1) is 19.2. The normalized spacial score (nSPS) is 25.2. The number of aliphatic hydroxyl groups is 1. The summed E-state index contributed by atoms with van der Waals surface area (Å²) in [5.74, 6) is -0.407. The minimum absolute atomic E-state index is 0.216. The Balaban J connectivity index is 1.35. The lowest BCUT2D eigenvalue weighted by Gasteiger charge is -2.41. The molecule has 5 rings (SSSR count).